The summed E-state index contributed by atoms with van der Waals surface area (Å²) in [6.07, 6.45) is 7.64. The van der Waals surface area contributed by atoms with Crippen molar-refractivity contribution >= 4 is 11.9 Å². The molecule has 0 amide bonds. The zero-order chi connectivity index (χ0) is 22.1. The van der Waals surface area contributed by atoms with E-state index < -0.39 is 11.5 Å². The Balaban J connectivity index is 1.74. The zero-order valence-electron chi connectivity index (χ0n) is 19.4. The van der Waals surface area contributed by atoms with Crippen molar-refractivity contribution in [2.45, 2.75) is 104 Å². The summed E-state index contributed by atoms with van der Waals surface area (Å²) in [4.78, 5) is 24.6. The monoisotopic (exact) mass is 420 g/mol. The van der Waals surface area contributed by atoms with Crippen molar-refractivity contribution in [3.63, 3.8) is 0 Å². The van der Waals surface area contributed by atoms with Crippen LogP contribution in [-0.2, 0) is 19.1 Å². The molecule has 1 saturated carbocycles. The fraction of sp³-hybridized carbons (Fsp3) is 0.840. The van der Waals surface area contributed by atoms with Gasteiger partial charge in [0.1, 0.15) is 12.2 Å². The summed E-state index contributed by atoms with van der Waals surface area (Å²) >= 11 is 0. The van der Waals surface area contributed by atoms with Gasteiger partial charge in [-0.3, -0.25) is 9.59 Å². The van der Waals surface area contributed by atoms with Crippen LogP contribution in [0.5, 0.6) is 0 Å². The van der Waals surface area contributed by atoms with E-state index in [0.717, 1.165) is 38.5 Å². The van der Waals surface area contributed by atoms with E-state index in [1.54, 1.807) is 0 Å². The Bertz CT molecular complexity index is 666. The first-order valence-electron chi connectivity index (χ1n) is 11.9. The number of aliphatic hydroxyl groups is 1. The Morgan fingerprint density at radius 3 is 2.63 bits per heavy atom. The fourth-order valence-corrected chi connectivity index (χ4v) is 5.48. The molecule has 5 heteroatoms. The molecule has 1 aliphatic heterocycles. The minimum atomic E-state index is -0.587. The lowest BCUT2D eigenvalue weighted by Crippen LogP contribution is -2.44. The zero-order valence-corrected chi connectivity index (χ0v) is 19.4. The van der Waals surface area contributed by atoms with Crippen LogP contribution in [-0.4, -0.2) is 35.4 Å². The summed E-state index contributed by atoms with van der Waals surface area (Å²) in [6.45, 7) is 10.5. The Hall–Kier alpha value is -1.36. The van der Waals surface area contributed by atoms with Crippen LogP contribution in [0.1, 0.15) is 86.0 Å². The number of aliphatic hydroxyl groups excluding tert-OH is 1. The van der Waals surface area contributed by atoms with Gasteiger partial charge < -0.3 is 14.6 Å². The highest BCUT2D eigenvalue weighted by Gasteiger charge is 2.44. The number of cyclic esters (lactones) is 1. The van der Waals surface area contributed by atoms with Crippen molar-refractivity contribution in [3.05, 3.63) is 11.6 Å². The molecule has 0 aromatic heterocycles. The average Bonchev–Trinajstić information content (AvgIpc) is 2.66. The Morgan fingerprint density at radius 1 is 1.23 bits per heavy atom. The smallest absolute Gasteiger partial charge is 0.311 e. The van der Waals surface area contributed by atoms with Crippen LogP contribution < -0.4 is 0 Å². The Morgan fingerprint density at radius 2 is 1.97 bits per heavy atom. The highest BCUT2D eigenvalue weighted by molar-refractivity contribution is 5.76. The van der Waals surface area contributed by atoms with Gasteiger partial charge in [0.15, 0.2) is 0 Å². The number of allylic oxidation sites excluding steroid dienone is 1. The van der Waals surface area contributed by atoms with Gasteiger partial charge in [-0.1, -0.05) is 32.4 Å². The summed E-state index contributed by atoms with van der Waals surface area (Å²) in [5, 5.41) is 9.93. The molecular weight excluding hydrogens is 380 g/mol. The molecule has 1 saturated heterocycles. The molecule has 1 heterocycles. The standard InChI is InChI=1S/C25H40O5/c1-6-25(4,5)24(28)30-21-12-15(2)11-17-8-7-16(3)20(23(17)21)10-9-19-13-18(26)14-22(27)29-19/h8,15-16,18-21,23,26H,6-7,9-14H2,1-5H3/t15-,16-,18+,19+,20-,21-,23-/m0/s1. The lowest BCUT2D eigenvalue weighted by atomic mass is 9.62. The van der Waals surface area contributed by atoms with Crippen LogP contribution in [0.15, 0.2) is 11.6 Å². The van der Waals surface area contributed by atoms with Gasteiger partial charge >= 0.3 is 11.9 Å². The maximum Gasteiger partial charge on any atom is 0.311 e. The SMILES string of the molecule is CCC(C)(C)C(=O)O[C@H]1C[C@@H](C)CC2=CC[C@H](C)[C@H](CC[C@@H]3C[C@@H](O)CC(=O)O3)[C@H]21. The van der Waals surface area contributed by atoms with Crippen LogP contribution in [0.2, 0.25) is 0 Å². The summed E-state index contributed by atoms with van der Waals surface area (Å²) < 4.78 is 11.7. The number of hydrogen-bond donors (Lipinski definition) is 1. The van der Waals surface area contributed by atoms with Gasteiger partial charge in [-0.05, 0) is 70.1 Å². The van der Waals surface area contributed by atoms with E-state index in [-0.39, 0.29) is 36.5 Å². The quantitative estimate of drug-likeness (QED) is 0.493. The maximum atomic E-state index is 12.9. The lowest BCUT2D eigenvalue weighted by Gasteiger charge is -2.46. The topological polar surface area (TPSA) is 72.8 Å². The number of rotatable bonds is 6. The van der Waals surface area contributed by atoms with Crippen molar-refractivity contribution in [1.29, 1.82) is 0 Å². The number of carbonyl (C=O) groups excluding carboxylic acids is 2. The first-order valence-corrected chi connectivity index (χ1v) is 11.9. The van der Waals surface area contributed by atoms with Gasteiger partial charge in [-0.25, -0.2) is 0 Å². The van der Waals surface area contributed by atoms with Gasteiger partial charge in [-0.2, -0.15) is 0 Å². The van der Waals surface area contributed by atoms with Crippen molar-refractivity contribution in [1.82, 2.24) is 0 Å². The number of carbonyl (C=O) groups is 2. The molecule has 3 aliphatic rings. The molecule has 5 nitrogen and oxygen atoms in total. The second-order valence-corrected chi connectivity index (χ2v) is 10.7. The third kappa shape index (κ3) is 5.27. The van der Waals surface area contributed by atoms with E-state index in [9.17, 15) is 14.7 Å². The van der Waals surface area contributed by atoms with Crippen LogP contribution in [0, 0.1) is 29.1 Å². The molecular formula is C25H40O5. The van der Waals surface area contributed by atoms with Gasteiger partial charge in [0.05, 0.1) is 17.9 Å². The van der Waals surface area contributed by atoms with Crippen LogP contribution in [0.25, 0.3) is 0 Å². The highest BCUT2D eigenvalue weighted by Crippen LogP contribution is 2.48. The molecule has 1 N–H and O–H groups in total. The predicted octanol–water partition coefficient (Wildman–Crippen LogP) is 4.81. The van der Waals surface area contributed by atoms with Crippen LogP contribution in [0.3, 0.4) is 0 Å². The molecule has 2 aliphatic carbocycles. The minimum absolute atomic E-state index is 0.0782. The molecule has 2 fully saturated rings. The molecule has 170 valence electrons. The van der Waals surface area contributed by atoms with Crippen LogP contribution in [0.4, 0.5) is 0 Å². The van der Waals surface area contributed by atoms with Crippen molar-refractivity contribution in [2.24, 2.45) is 29.1 Å². The average molecular weight is 421 g/mol. The maximum absolute atomic E-state index is 12.9. The van der Waals surface area contributed by atoms with Crippen molar-refractivity contribution in [2.75, 3.05) is 0 Å². The van der Waals surface area contributed by atoms with Gasteiger partial charge in [0, 0.05) is 12.3 Å². The van der Waals surface area contributed by atoms with Crippen LogP contribution >= 0.6 is 0 Å². The third-order valence-corrected chi connectivity index (χ3v) is 7.74. The normalized spacial score (nSPS) is 37.1. The van der Waals surface area contributed by atoms with Gasteiger partial charge in [0.2, 0.25) is 0 Å². The summed E-state index contributed by atoms with van der Waals surface area (Å²) in [5.74, 6) is 1.28. The van der Waals surface area contributed by atoms with E-state index in [1.165, 1.54) is 5.57 Å². The van der Waals surface area contributed by atoms with E-state index in [4.69, 9.17) is 9.47 Å². The molecule has 0 radical (unpaired) electrons. The Labute approximate surface area is 181 Å². The van der Waals surface area contributed by atoms with Gasteiger partial charge in [-0.15, -0.1) is 0 Å². The first kappa shape index (κ1) is 23.3. The van der Waals surface area contributed by atoms with E-state index in [1.807, 2.05) is 20.8 Å². The number of ether oxygens (including phenoxy) is 2. The summed E-state index contributed by atoms with van der Waals surface area (Å²) in [6, 6.07) is 0. The minimum Gasteiger partial charge on any atom is -0.462 e. The largest absolute Gasteiger partial charge is 0.462 e. The van der Waals surface area contributed by atoms with E-state index in [0.29, 0.717) is 24.2 Å². The predicted molar refractivity (Wildman–Crippen MR) is 116 cm³/mol. The van der Waals surface area contributed by atoms with Crippen molar-refractivity contribution < 1.29 is 24.2 Å². The molecule has 0 spiro atoms. The number of esters is 2. The lowest BCUT2D eigenvalue weighted by molar-refractivity contribution is -0.167. The molecule has 30 heavy (non-hydrogen) atoms. The number of hydrogen-bond acceptors (Lipinski definition) is 5. The molecule has 0 unspecified atom stereocenters. The first-order chi connectivity index (χ1) is 14.1. The molecule has 7 atom stereocenters. The fourth-order valence-electron chi connectivity index (χ4n) is 5.48. The number of fused-ring (bicyclic) bond motifs is 1. The molecule has 3 rings (SSSR count). The molecule has 0 aromatic rings. The third-order valence-electron chi connectivity index (χ3n) is 7.74. The second kappa shape index (κ2) is 9.42. The second-order valence-electron chi connectivity index (χ2n) is 10.7. The highest BCUT2D eigenvalue weighted by atomic mass is 16.6. The van der Waals surface area contributed by atoms with E-state index in [2.05, 4.69) is 19.9 Å². The van der Waals surface area contributed by atoms with Crippen molar-refractivity contribution in [3.8, 4) is 0 Å². The van der Waals surface area contributed by atoms with E-state index >= 15 is 0 Å². The molecule has 0 bridgehead atoms. The van der Waals surface area contributed by atoms with Gasteiger partial charge in [0.25, 0.3) is 0 Å². The summed E-state index contributed by atoms with van der Waals surface area (Å²) in [7, 11) is 0. The molecule has 0 aromatic carbocycles. The Kier molecular flexibility index (Phi) is 7.32. The summed E-state index contributed by atoms with van der Waals surface area (Å²) in [5.41, 5.74) is 0.983.